The molecule has 0 spiro atoms. The van der Waals surface area contributed by atoms with Crippen LogP contribution in [0.3, 0.4) is 0 Å². The summed E-state index contributed by atoms with van der Waals surface area (Å²) in [4.78, 5) is 18.9. The predicted octanol–water partition coefficient (Wildman–Crippen LogP) is 2.49. The molecule has 2 heterocycles. The SMILES string of the molecule is O=C(c1ccc(Cl)cc1)N1CC(O)C(N2CCN(c3ccc(F)cc3)CC2)C1. The molecule has 2 unspecified atom stereocenters. The Kier molecular flexibility index (Phi) is 5.53. The number of rotatable bonds is 3. The first-order valence-corrected chi connectivity index (χ1v) is 9.86. The molecular formula is C21H23ClFN3O2. The molecule has 28 heavy (non-hydrogen) atoms. The van der Waals surface area contributed by atoms with Crippen LogP contribution in [0.15, 0.2) is 48.5 Å². The Morgan fingerprint density at radius 1 is 0.964 bits per heavy atom. The highest BCUT2D eigenvalue weighted by atomic mass is 35.5. The fourth-order valence-corrected chi connectivity index (χ4v) is 4.16. The maximum Gasteiger partial charge on any atom is 0.253 e. The summed E-state index contributed by atoms with van der Waals surface area (Å²) in [6.07, 6.45) is -0.561. The highest BCUT2D eigenvalue weighted by molar-refractivity contribution is 6.30. The van der Waals surface area contributed by atoms with Gasteiger partial charge in [-0.2, -0.15) is 0 Å². The van der Waals surface area contributed by atoms with Crippen molar-refractivity contribution in [1.82, 2.24) is 9.80 Å². The van der Waals surface area contributed by atoms with Gasteiger partial charge < -0.3 is 14.9 Å². The minimum atomic E-state index is -0.561. The Morgan fingerprint density at radius 3 is 2.25 bits per heavy atom. The molecule has 148 valence electrons. The van der Waals surface area contributed by atoms with Crippen LogP contribution in [0.5, 0.6) is 0 Å². The van der Waals surface area contributed by atoms with Crippen molar-refractivity contribution in [2.24, 2.45) is 0 Å². The molecule has 7 heteroatoms. The van der Waals surface area contributed by atoms with Gasteiger partial charge in [0.1, 0.15) is 5.82 Å². The van der Waals surface area contributed by atoms with Gasteiger partial charge in [0.2, 0.25) is 0 Å². The average Bonchev–Trinajstić information content (AvgIpc) is 3.10. The quantitative estimate of drug-likeness (QED) is 0.855. The fraction of sp³-hybridized carbons (Fsp3) is 0.381. The van der Waals surface area contributed by atoms with Crippen LogP contribution in [0.25, 0.3) is 0 Å². The van der Waals surface area contributed by atoms with E-state index in [-0.39, 0.29) is 17.8 Å². The molecule has 2 aliphatic heterocycles. The van der Waals surface area contributed by atoms with Crippen LogP contribution in [0.1, 0.15) is 10.4 Å². The molecular weight excluding hydrogens is 381 g/mol. The van der Waals surface area contributed by atoms with Crippen molar-refractivity contribution in [3.8, 4) is 0 Å². The summed E-state index contributed by atoms with van der Waals surface area (Å²) in [6.45, 7) is 4.05. The van der Waals surface area contributed by atoms with Crippen LogP contribution in [0.4, 0.5) is 10.1 Å². The number of nitrogens with zero attached hydrogens (tertiary/aromatic N) is 3. The summed E-state index contributed by atoms with van der Waals surface area (Å²) in [6, 6.07) is 13.3. The van der Waals surface area contributed by atoms with Gasteiger partial charge in [0.25, 0.3) is 5.91 Å². The maximum atomic E-state index is 13.1. The summed E-state index contributed by atoms with van der Waals surface area (Å²) >= 11 is 5.89. The first kappa shape index (κ1) is 19.2. The number of halogens is 2. The number of aliphatic hydroxyl groups is 1. The Labute approximate surface area is 168 Å². The highest BCUT2D eigenvalue weighted by Gasteiger charge is 2.38. The summed E-state index contributed by atoms with van der Waals surface area (Å²) in [7, 11) is 0. The molecule has 2 aromatic carbocycles. The Morgan fingerprint density at radius 2 is 1.61 bits per heavy atom. The van der Waals surface area contributed by atoms with Crippen molar-refractivity contribution >= 4 is 23.2 Å². The van der Waals surface area contributed by atoms with Gasteiger partial charge in [-0.25, -0.2) is 4.39 Å². The highest BCUT2D eigenvalue weighted by Crippen LogP contribution is 2.23. The normalized spacial score (nSPS) is 23.2. The zero-order valence-electron chi connectivity index (χ0n) is 15.5. The Hall–Kier alpha value is -2.15. The molecule has 0 saturated carbocycles. The van der Waals surface area contributed by atoms with Crippen LogP contribution in [0, 0.1) is 5.82 Å². The van der Waals surface area contributed by atoms with E-state index in [0.717, 1.165) is 31.9 Å². The van der Waals surface area contributed by atoms with Gasteiger partial charge in [0.15, 0.2) is 0 Å². The summed E-state index contributed by atoms with van der Waals surface area (Å²) in [5.74, 6) is -0.315. The Bertz CT molecular complexity index is 823. The second-order valence-corrected chi connectivity index (χ2v) is 7.79. The average molecular weight is 404 g/mol. The minimum absolute atomic E-state index is 0.0633. The molecule has 4 rings (SSSR count). The second-order valence-electron chi connectivity index (χ2n) is 7.35. The fourth-order valence-electron chi connectivity index (χ4n) is 4.03. The molecule has 0 radical (unpaired) electrons. The molecule has 5 nitrogen and oxygen atoms in total. The number of benzene rings is 2. The lowest BCUT2D eigenvalue weighted by Crippen LogP contribution is -2.53. The van der Waals surface area contributed by atoms with Gasteiger partial charge >= 0.3 is 0 Å². The topological polar surface area (TPSA) is 47.0 Å². The van der Waals surface area contributed by atoms with Crippen molar-refractivity contribution in [1.29, 1.82) is 0 Å². The van der Waals surface area contributed by atoms with Crippen molar-refractivity contribution < 1.29 is 14.3 Å². The van der Waals surface area contributed by atoms with Gasteiger partial charge in [-0.3, -0.25) is 9.69 Å². The van der Waals surface area contributed by atoms with Crippen LogP contribution >= 0.6 is 11.6 Å². The predicted molar refractivity (Wildman–Crippen MR) is 107 cm³/mol. The monoisotopic (exact) mass is 403 g/mol. The summed E-state index contributed by atoms with van der Waals surface area (Å²) < 4.78 is 13.1. The molecule has 0 aliphatic carbocycles. The van der Waals surface area contributed by atoms with E-state index in [0.29, 0.717) is 23.7 Å². The van der Waals surface area contributed by atoms with Crippen LogP contribution in [-0.4, -0.2) is 72.2 Å². The number of aliphatic hydroxyl groups excluding tert-OH is 1. The van der Waals surface area contributed by atoms with E-state index in [1.807, 2.05) is 0 Å². The lowest BCUT2D eigenvalue weighted by Gasteiger charge is -2.39. The molecule has 0 aromatic heterocycles. The zero-order chi connectivity index (χ0) is 19.7. The molecule has 2 atom stereocenters. The Balaban J connectivity index is 1.36. The van der Waals surface area contributed by atoms with E-state index in [4.69, 9.17) is 11.6 Å². The summed E-state index contributed by atoms with van der Waals surface area (Å²) in [5.41, 5.74) is 1.59. The minimum Gasteiger partial charge on any atom is -0.390 e. The van der Waals surface area contributed by atoms with E-state index in [1.165, 1.54) is 12.1 Å². The molecule has 1 amide bonds. The maximum absolute atomic E-state index is 13.1. The van der Waals surface area contributed by atoms with Crippen molar-refractivity contribution in [2.75, 3.05) is 44.2 Å². The van der Waals surface area contributed by atoms with E-state index in [1.54, 1.807) is 41.3 Å². The van der Waals surface area contributed by atoms with Crippen molar-refractivity contribution in [3.63, 3.8) is 0 Å². The van der Waals surface area contributed by atoms with Crippen LogP contribution in [0.2, 0.25) is 5.02 Å². The van der Waals surface area contributed by atoms with E-state index >= 15 is 0 Å². The number of piperazine rings is 1. The molecule has 1 N–H and O–H groups in total. The van der Waals surface area contributed by atoms with Crippen LogP contribution in [-0.2, 0) is 0 Å². The number of anilines is 1. The number of carbonyl (C=O) groups is 1. The van der Waals surface area contributed by atoms with E-state index in [9.17, 15) is 14.3 Å². The zero-order valence-corrected chi connectivity index (χ0v) is 16.2. The molecule has 0 bridgehead atoms. The number of carbonyl (C=O) groups excluding carboxylic acids is 1. The van der Waals surface area contributed by atoms with Crippen molar-refractivity contribution in [3.05, 3.63) is 64.9 Å². The van der Waals surface area contributed by atoms with E-state index in [2.05, 4.69) is 9.80 Å². The standard InChI is InChI=1S/C21H23ClFN3O2/c22-16-3-1-15(2-4-16)21(28)26-13-19(20(27)14-26)25-11-9-24(10-12-25)18-7-5-17(23)6-8-18/h1-8,19-20,27H,9-14H2. The smallest absolute Gasteiger partial charge is 0.253 e. The van der Waals surface area contributed by atoms with E-state index < -0.39 is 6.10 Å². The third-order valence-electron chi connectivity index (χ3n) is 5.61. The lowest BCUT2D eigenvalue weighted by atomic mass is 10.1. The summed E-state index contributed by atoms with van der Waals surface area (Å²) in [5, 5.41) is 11.1. The molecule has 2 saturated heterocycles. The molecule has 2 aromatic rings. The third kappa shape index (κ3) is 3.99. The number of amides is 1. The van der Waals surface area contributed by atoms with Gasteiger partial charge in [0, 0.05) is 55.5 Å². The largest absolute Gasteiger partial charge is 0.390 e. The number of likely N-dealkylation sites (tertiary alicyclic amines) is 1. The first-order valence-electron chi connectivity index (χ1n) is 9.49. The molecule has 2 fully saturated rings. The van der Waals surface area contributed by atoms with Gasteiger partial charge in [-0.05, 0) is 48.5 Å². The number of hydrogen-bond acceptors (Lipinski definition) is 4. The second kappa shape index (κ2) is 8.07. The molecule has 2 aliphatic rings. The van der Waals surface area contributed by atoms with Gasteiger partial charge in [-0.1, -0.05) is 11.6 Å². The lowest BCUT2D eigenvalue weighted by molar-refractivity contribution is 0.0754. The third-order valence-corrected chi connectivity index (χ3v) is 5.86. The van der Waals surface area contributed by atoms with Gasteiger partial charge in [0.05, 0.1) is 12.1 Å². The number of hydrogen-bond donors (Lipinski definition) is 1. The number of β-amino-alcohol motifs (C(OH)–C–C–N with tert-alkyl or cyclic N) is 1. The first-order chi connectivity index (χ1) is 13.5. The van der Waals surface area contributed by atoms with Gasteiger partial charge in [-0.15, -0.1) is 0 Å². The van der Waals surface area contributed by atoms with Crippen LogP contribution < -0.4 is 4.90 Å². The van der Waals surface area contributed by atoms with Crippen molar-refractivity contribution in [2.45, 2.75) is 12.1 Å².